The summed E-state index contributed by atoms with van der Waals surface area (Å²) in [7, 11) is 0. The summed E-state index contributed by atoms with van der Waals surface area (Å²) in [4.78, 5) is 0. The number of alkyl halides is 6. The predicted octanol–water partition coefficient (Wildman–Crippen LogP) is 11.9. The van der Waals surface area contributed by atoms with Crippen LogP contribution in [0.2, 0.25) is 0 Å². The van der Waals surface area contributed by atoms with Crippen LogP contribution < -0.4 is 0 Å². The molecule has 0 aliphatic carbocycles. The standard InChI is InChI=1S/C36H44F6O2/c1-3-5-7-9-11-33(35(37,38)39)43-25-27-13-17-29(18-14-27)31-21-23-32(24-22-31)30-19-15-28(16-20-30)26-44-34(36(40,41)42)12-10-8-6-4-2/h13-24,33-34H,3-12,25-26H2,1-2H3/t33-,34-/m0/s1. The van der Waals surface area contributed by atoms with Gasteiger partial charge in [-0.1, -0.05) is 138 Å². The largest absolute Gasteiger partial charge is 0.414 e. The minimum atomic E-state index is -4.38. The van der Waals surface area contributed by atoms with Crippen LogP contribution in [0.5, 0.6) is 0 Å². The van der Waals surface area contributed by atoms with Gasteiger partial charge in [-0.3, -0.25) is 0 Å². The van der Waals surface area contributed by atoms with Crippen LogP contribution in [0.1, 0.15) is 89.2 Å². The van der Waals surface area contributed by atoms with Crippen molar-refractivity contribution in [2.24, 2.45) is 0 Å². The van der Waals surface area contributed by atoms with E-state index < -0.39 is 24.6 Å². The minimum Gasteiger partial charge on any atom is -0.364 e. The lowest BCUT2D eigenvalue weighted by Crippen LogP contribution is -2.31. The maximum absolute atomic E-state index is 13.4. The summed E-state index contributed by atoms with van der Waals surface area (Å²) in [6, 6.07) is 22.4. The van der Waals surface area contributed by atoms with E-state index in [4.69, 9.17) is 9.47 Å². The summed E-state index contributed by atoms with van der Waals surface area (Å²) in [6.07, 6.45) is -6.04. The van der Waals surface area contributed by atoms with Gasteiger partial charge in [0.15, 0.2) is 12.2 Å². The fraction of sp³-hybridized carbons (Fsp3) is 0.500. The highest BCUT2D eigenvalue weighted by Crippen LogP contribution is 2.31. The van der Waals surface area contributed by atoms with Gasteiger partial charge < -0.3 is 9.47 Å². The summed E-state index contributed by atoms with van der Waals surface area (Å²) in [6.45, 7) is 3.83. The van der Waals surface area contributed by atoms with Crippen molar-refractivity contribution in [3.63, 3.8) is 0 Å². The Balaban J connectivity index is 1.54. The Morgan fingerprint density at radius 2 is 0.750 bits per heavy atom. The molecule has 2 atom stereocenters. The van der Waals surface area contributed by atoms with Crippen molar-refractivity contribution < 1.29 is 35.8 Å². The third kappa shape index (κ3) is 11.9. The first-order valence-corrected chi connectivity index (χ1v) is 15.7. The zero-order valence-electron chi connectivity index (χ0n) is 25.7. The molecule has 8 heteroatoms. The van der Waals surface area contributed by atoms with Crippen molar-refractivity contribution >= 4 is 0 Å². The van der Waals surface area contributed by atoms with Gasteiger partial charge >= 0.3 is 12.4 Å². The van der Waals surface area contributed by atoms with Crippen LogP contribution in [0.25, 0.3) is 22.3 Å². The Morgan fingerprint density at radius 3 is 1.02 bits per heavy atom. The van der Waals surface area contributed by atoms with E-state index in [1.165, 1.54) is 0 Å². The quantitative estimate of drug-likeness (QED) is 0.104. The fourth-order valence-corrected chi connectivity index (χ4v) is 5.03. The average Bonchev–Trinajstić information content (AvgIpc) is 3.00. The van der Waals surface area contributed by atoms with Gasteiger partial charge in [-0.15, -0.1) is 0 Å². The van der Waals surface area contributed by atoms with Crippen LogP contribution >= 0.6 is 0 Å². The molecular weight excluding hydrogens is 578 g/mol. The predicted molar refractivity (Wildman–Crippen MR) is 164 cm³/mol. The molecule has 3 aromatic carbocycles. The third-order valence-electron chi connectivity index (χ3n) is 7.73. The van der Waals surface area contributed by atoms with Crippen molar-refractivity contribution in [2.75, 3.05) is 0 Å². The van der Waals surface area contributed by atoms with Gasteiger partial charge in [-0.2, -0.15) is 26.3 Å². The molecule has 0 N–H and O–H groups in total. The first kappa shape index (κ1) is 35.6. The highest BCUT2D eigenvalue weighted by Gasteiger charge is 2.40. The molecule has 0 radical (unpaired) electrons. The lowest BCUT2D eigenvalue weighted by Gasteiger charge is -2.21. The molecule has 0 aromatic heterocycles. The number of ether oxygens (including phenoxy) is 2. The molecule has 0 amide bonds. The summed E-state index contributed by atoms with van der Waals surface area (Å²) >= 11 is 0. The molecule has 44 heavy (non-hydrogen) atoms. The van der Waals surface area contributed by atoms with Gasteiger partial charge in [-0.05, 0) is 46.2 Å². The molecule has 0 fully saturated rings. The van der Waals surface area contributed by atoms with Gasteiger partial charge in [0.1, 0.15) is 0 Å². The Hall–Kier alpha value is -2.84. The smallest absolute Gasteiger partial charge is 0.364 e. The Morgan fingerprint density at radius 1 is 0.455 bits per heavy atom. The summed E-state index contributed by atoms with van der Waals surface area (Å²) in [5.41, 5.74) is 5.10. The van der Waals surface area contributed by atoms with Crippen LogP contribution in [0.4, 0.5) is 26.3 Å². The molecule has 0 bridgehead atoms. The van der Waals surface area contributed by atoms with Crippen LogP contribution in [-0.4, -0.2) is 24.6 Å². The Bertz CT molecular complexity index is 1110. The monoisotopic (exact) mass is 622 g/mol. The van der Waals surface area contributed by atoms with Crippen molar-refractivity contribution in [1.29, 1.82) is 0 Å². The van der Waals surface area contributed by atoms with Crippen molar-refractivity contribution in [2.45, 2.75) is 116 Å². The maximum atomic E-state index is 13.4. The van der Waals surface area contributed by atoms with Gasteiger partial charge in [0.05, 0.1) is 13.2 Å². The number of hydrogen-bond donors (Lipinski definition) is 0. The van der Waals surface area contributed by atoms with E-state index >= 15 is 0 Å². The second-order valence-corrected chi connectivity index (χ2v) is 11.4. The molecule has 0 saturated heterocycles. The molecule has 3 rings (SSSR count). The second kappa shape index (κ2) is 17.6. The highest BCUT2D eigenvalue weighted by atomic mass is 19.4. The number of unbranched alkanes of at least 4 members (excludes halogenated alkanes) is 6. The average molecular weight is 623 g/mol. The van der Waals surface area contributed by atoms with E-state index in [1.807, 2.05) is 62.4 Å². The lowest BCUT2D eigenvalue weighted by molar-refractivity contribution is -0.226. The van der Waals surface area contributed by atoms with E-state index in [0.717, 1.165) is 60.8 Å². The maximum Gasteiger partial charge on any atom is 0.414 e. The molecule has 0 aliphatic rings. The summed E-state index contributed by atoms with van der Waals surface area (Å²) in [5.74, 6) is 0. The number of rotatable bonds is 18. The zero-order valence-corrected chi connectivity index (χ0v) is 25.7. The fourth-order valence-electron chi connectivity index (χ4n) is 5.03. The van der Waals surface area contributed by atoms with E-state index in [9.17, 15) is 26.3 Å². The van der Waals surface area contributed by atoms with Crippen molar-refractivity contribution in [3.05, 3.63) is 83.9 Å². The molecule has 0 aliphatic heterocycles. The number of benzene rings is 3. The van der Waals surface area contributed by atoms with Crippen molar-refractivity contribution in [3.8, 4) is 22.3 Å². The van der Waals surface area contributed by atoms with E-state index in [-0.39, 0.29) is 26.1 Å². The van der Waals surface area contributed by atoms with E-state index in [0.29, 0.717) is 24.0 Å². The zero-order chi connectivity index (χ0) is 32.0. The van der Waals surface area contributed by atoms with Crippen molar-refractivity contribution in [1.82, 2.24) is 0 Å². The first-order valence-electron chi connectivity index (χ1n) is 15.7. The van der Waals surface area contributed by atoms with Crippen LogP contribution in [0, 0.1) is 0 Å². The topological polar surface area (TPSA) is 18.5 Å². The normalized spacial score (nSPS) is 13.6. The van der Waals surface area contributed by atoms with Gasteiger partial charge in [-0.25, -0.2) is 0 Å². The van der Waals surface area contributed by atoms with Crippen LogP contribution in [0.15, 0.2) is 72.8 Å². The molecule has 2 nitrogen and oxygen atoms in total. The molecular formula is C36H44F6O2. The van der Waals surface area contributed by atoms with E-state index in [2.05, 4.69) is 0 Å². The SMILES string of the molecule is CCCCCC[C@H](OCc1ccc(-c2ccc(-c3ccc(CO[C@@H](CCCCCC)C(F)(F)F)cc3)cc2)cc1)C(F)(F)F. The molecule has 3 aromatic rings. The summed E-state index contributed by atoms with van der Waals surface area (Å²) in [5, 5.41) is 0. The number of hydrogen-bond acceptors (Lipinski definition) is 2. The Labute approximate surface area is 257 Å². The third-order valence-corrected chi connectivity index (χ3v) is 7.73. The van der Waals surface area contributed by atoms with Crippen LogP contribution in [0.3, 0.4) is 0 Å². The lowest BCUT2D eigenvalue weighted by atomic mass is 9.99. The van der Waals surface area contributed by atoms with Gasteiger partial charge in [0, 0.05) is 0 Å². The minimum absolute atomic E-state index is 0.0256. The highest BCUT2D eigenvalue weighted by molar-refractivity contribution is 5.70. The molecule has 242 valence electrons. The second-order valence-electron chi connectivity index (χ2n) is 11.4. The van der Waals surface area contributed by atoms with Gasteiger partial charge in [0.2, 0.25) is 0 Å². The molecule has 0 unspecified atom stereocenters. The molecule has 0 heterocycles. The first-order chi connectivity index (χ1) is 21.0. The van der Waals surface area contributed by atoms with Gasteiger partial charge in [0.25, 0.3) is 0 Å². The van der Waals surface area contributed by atoms with E-state index in [1.54, 1.807) is 24.3 Å². The Kier molecular flexibility index (Phi) is 14.3. The number of halogens is 6. The molecule has 0 spiro atoms. The summed E-state index contributed by atoms with van der Waals surface area (Å²) < 4.78 is 90.9. The van der Waals surface area contributed by atoms with Crippen LogP contribution in [-0.2, 0) is 22.7 Å². The molecule has 0 saturated carbocycles.